The third-order valence-corrected chi connectivity index (χ3v) is 2.62. The first kappa shape index (κ1) is 16.7. The van der Waals surface area contributed by atoms with Crippen LogP contribution in [0.15, 0.2) is 18.2 Å². The van der Waals surface area contributed by atoms with Crippen LogP contribution in [0.3, 0.4) is 0 Å². The normalized spacial score (nSPS) is 10.5. The van der Waals surface area contributed by atoms with Crippen molar-refractivity contribution in [3.05, 3.63) is 33.8 Å². The van der Waals surface area contributed by atoms with Crippen molar-refractivity contribution in [1.29, 1.82) is 0 Å². The summed E-state index contributed by atoms with van der Waals surface area (Å²) >= 11 is 16.5. The van der Waals surface area contributed by atoms with E-state index >= 15 is 0 Å². The van der Waals surface area contributed by atoms with Gasteiger partial charge in [0, 0.05) is 5.54 Å². The summed E-state index contributed by atoms with van der Waals surface area (Å²) < 4.78 is 0. The van der Waals surface area contributed by atoms with Gasteiger partial charge in [-0.05, 0) is 44.5 Å². The van der Waals surface area contributed by atoms with E-state index in [2.05, 4.69) is 5.43 Å². The van der Waals surface area contributed by atoms with Crippen LogP contribution in [0.25, 0.3) is 0 Å². The Hall–Kier alpha value is -0.320. The van der Waals surface area contributed by atoms with Gasteiger partial charge in [-0.1, -0.05) is 29.3 Å². The molecule has 0 unspecified atom stereocenters. The number of nitrogens with one attached hydrogen (secondary N) is 1. The molecule has 0 radical (unpaired) electrons. The first-order chi connectivity index (χ1) is 7.69. The Bertz CT molecular complexity index is 389. The van der Waals surface area contributed by atoms with Crippen LogP contribution < -0.4 is 11.3 Å². The number of rotatable bonds is 1. The summed E-state index contributed by atoms with van der Waals surface area (Å²) in [5.74, 6) is 5.06. The molecule has 0 aliphatic carbocycles. The number of hydrogen-bond acceptors (Lipinski definition) is 3. The predicted molar refractivity (Wildman–Crippen MR) is 73.7 cm³/mol. The smallest absolute Gasteiger partial charge is 0.253 e. The van der Waals surface area contributed by atoms with Gasteiger partial charge in [0.2, 0.25) is 0 Å². The Balaban J connectivity index is 0.000000366. The second kappa shape index (κ2) is 7.19. The van der Waals surface area contributed by atoms with Crippen molar-refractivity contribution in [3.63, 3.8) is 0 Å². The summed E-state index contributed by atoms with van der Waals surface area (Å²) in [4.78, 5) is 10.6. The van der Waals surface area contributed by atoms with Crippen molar-refractivity contribution >= 4 is 40.0 Å². The van der Waals surface area contributed by atoms with E-state index in [0.29, 0.717) is 5.02 Å². The molecule has 0 saturated carbocycles. The Morgan fingerprint density at radius 3 is 2.06 bits per heavy atom. The Morgan fingerprint density at radius 2 is 1.76 bits per heavy atom. The highest BCUT2D eigenvalue weighted by Crippen LogP contribution is 2.26. The van der Waals surface area contributed by atoms with Gasteiger partial charge in [-0.25, -0.2) is 0 Å². The fourth-order valence-corrected chi connectivity index (χ4v) is 1.25. The molecule has 0 bridgehead atoms. The van der Waals surface area contributed by atoms with E-state index in [-0.39, 0.29) is 16.1 Å². The van der Waals surface area contributed by atoms with Crippen LogP contribution in [-0.2, 0) is 0 Å². The zero-order valence-corrected chi connectivity index (χ0v) is 12.1. The molecule has 0 aliphatic heterocycles. The Kier molecular flexibility index (Phi) is 7.05. The van der Waals surface area contributed by atoms with E-state index in [0.717, 1.165) is 0 Å². The fraction of sp³-hybridized carbons (Fsp3) is 0.364. The number of hydrogen-bond donors (Lipinski definition) is 2. The van der Waals surface area contributed by atoms with Crippen molar-refractivity contribution in [2.75, 3.05) is 0 Å². The highest BCUT2D eigenvalue weighted by atomic mass is 35.5. The van der Waals surface area contributed by atoms with E-state index < -0.39 is 5.24 Å². The highest BCUT2D eigenvalue weighted by Gasteiger charge is 2.08. The summed E-state index contributed by atoms with van der Waals surface area (Å²) in [6.07, 6.45) is 0. The second-order valence-electron chi connectivity index (χ2n) is 4.27. The largest absolute Gasteiger partial charge is 0.276 e. The molecule has 0 fully saturated rings. The molecule has 0 spiro atoms. The van der Waals surface area contributed by atoms with E-state index in [1.165, 1.54) is 6.07 Å². The predicted octanol–water partition coefficient (Wildman–Crippen LogP) is 3.62. The average molecular weight is 298 g/mol. The lowest BCUT2D eigenvalue weighted by atomic mass is 10.1. The van der Waals surface area contributed by atoms with Gasteiger partial charge in [0.25, 0.3) is 5.24 Å². The number of benzene rings is 1. The first-order valence-corrected chi connectivity index (χ1v) is 5.94. The van der Waals surface area contributed by atoms with Gasteiger partial charge in [-0.2, -0.15) is 0 Å². The molecule has 0 amide bonds. The number of nitrogens with two attached hydrogens (primary N) is 1. The van der Waals surface area contributed by atoms with Crippen LogP contribution in [0, 0.1) is 0 Å². The van der Waals surface area contributed by atoms with Crippen molar-refractivity contribution in [2.45, 2.75) is 26.3 Å². The van der Waals surface area contributed by atoms with Gasteiger partial charge < -0.3 is 0 Å². The summed E-state index contributed by atoms with van der Waals surface area (Å²) in [7, 11) is 0. The molecule has 17 heavy (non-hydrogen) atoms. The molecule has 0 aromatic heterocycles. The Labute approximate surface area is 116 Å². The average Bonchev–Trinajstić information content (AvgIpc) is 2.21. The third-order valence-electron chi connectivity index (χ3n) is 1.60. The van der Waals surface area contributed by atoms with Crippen molar-refractivity contribution < 1.29 is 4.79 Å². The topological polar surface area (TPSA) is 55.1 Å². The van der Waals surface area contributed by atoms with E-state index in [9.17, 15) is 4.79 Å². The van der Waals surface area contributed by atoms with E-state index in [1.54, 1.807) is 12.1 Å². The minimum absolute atomic E-state index is 0.0694. The van der Waals surface area contributed by atoms with Gasteiger partial charge in [0.15, 0.2) is 0 Å². The van der Waals surface area contributed by atoms with Crippen LogP contribution in [0.5, 0.6) is 0 Å². The summed E-state index contributed by atoms with van der Waals surface area (Å²) in [6.45, 7) is 6.02. The van der Waals surface area contributed by atoms with Gasteiger partial charge in [-0.15, -0.1) is 0 Å². The molecule has 1 aromatic rings. The quantitative estimate of drug-likeness (QED) is 0.473. The molecule has 96 valence electrons. The van der Waals surface area contributed by atoms with Gasteiger partial charge in [0.1, 0.15) is 0 Å². The molecule has 1 aromatic carbocycles. The standard InChI is InChI=1S/C7H3Cl3O.C4H12N2/c8-5-3-1-2-4(6(5)9)7(10)11;1-4(2,3)6-5/h1-3H;6H,5H2,1-3H3. The van der Waals surface area contributed by atoms with Crippen molar-refractivity contribution in [3.8, 4) is 0 Å². The molecule has 3 nitrogen and oxygen atoms in total. The maximum absolute atomic E-state index is 10.6. The van der Waals surface area contributed by atoms with Crippen LogP contribution in [0.1, 0.15) is 31.1 Å². The minimum Gasteiger partial charge on any atom is -0.276 e. The van der Waals surface area contributed by atoms with Crippen molar-refractivity contribution in [2.24, 2.45) is 5.84 Å². The number of hydrazine groups is 1. The summed E-state index contributed by atoms with van der Waals surface area (Å²) in [5.41, 5.74) is 2.91. The van der Waals surface area contributed by atoms with Crippen LogP contribution in [0.2, 0.25) is 10.0 Å². The third kappa shape index (κ3) is 6.86. The fourth-order valence-electron chi connectivity index (χ4n) is 0.656. The molecule has 0 aliphatic rings. The monoisotopic (exact) mass is 296 g/mol. The van der Waals surface area contributed by atoms with Gasteiger partial charge in [0.05, 0.1) is 15.6 Å². The molecule has 6 heteroatoms. The van der Waals surface area contributed by atoms with Crippen LogP contribution >= 0.6 is 34.8 Å². The molecular formula is C11H15Cl3N2O. The van der Waals surface area contributed by atoms with Crippen LogP contribution in [0.4, 0.5) is 0 Å². The molecule has 0 atom stereocenters. The maximum Gasteiger partial charge on any atom is 0.253 e. The molecule has 3 N–H and O–H groups in total. The zero-order valence-electron chi connectivity index (χ0n) is 9.85. The number of halogens is 3. The SMILES string of the molecule is CC(C)(C)NN.O=C(Cl)c1cccc(Cl)c1Cl. The van der Waals surface area contributed by atoms with Crippen LogP contribution in [-0.4, -0.2) is 10.8 Å². The Morgan fingerprint density at radius 1 is 1.29 bits per heavy atom. The summed E-state index contributed by atoms with van der Waals surface area (Å²) in [6, 6.07) is 4.72. The molecular weight excluding hydrogens is 282 g/mol. The maximum atomic E-state index is 10.6. The first-order valence-electron chi connectivity index (χ1n) is 4.80. The zero-order chi connectivity index (χ0) is 13.6. The molecule has 1 rings (SSSR count). The van der Waals surface area contributed by atoms with E-state index in [1.807, 2.05) is 20.8 Å². The number of carbonyl (C=O) groups excluding carboxylic acids is 1. The summed E-state index contributed by atoms with van der Waals surface area (Å²) in [5, 5.41) is -0.0650. The lowest BCUT2D eigenvalue weighted by molar-refractivity contribution is 0.108. The molecule has 0 saturated heterocycles. The molecule has 0 heterocycles. The minimum atomic E-state index is -0.600. The highest BCUT2D eigenvalue weighted by molar-refractivity contribution is 6.69. The second-order valence-corrected chi connectivity index (χ2v) is 5.40. The van der Waals surface area contributed by atoms with Gasteiger partial charge >= 0.3 is 0 Å². The van der Waals surface area contributed by atoms with Crippen molar-refractivity contribution in [1.82, 2.24) is 5.43 Å². The van der Waals surface area contributed by atoms with Gasteiger partial charge in [-0.3, -0.25) is 16.1 Å². The lowest BCUT2D eigenvalue weighted by Gasteiger charge is -2.14. The lowest BCUT2D eigenvalue weighted by Crippen LogP contribution is -2.41. The van der Waals surface area contributed by atoms with E-state index in [4.69, 9.17) is 40.6 Å². The number of carbonyl (C=O) groups is 1.